The first-order valence-electron chi connectivity index (χ1n) is 8.88. The molecule has 8 heteroatoms. The molecule has 3 rings (SSSR count). The van der Waals surface area contributed by atoms with Gasteiger partial charge in [-0.15, -0.1) is 11.3 Å². The highest BCUT2D eigenvalue weighted by molar-refractivity contribution is 8.00. The number of hydrogen-bond donors (Lipinski definition) is 2. The zero-order chi connectivity index (χ0) is 20.3. The molecule has 1 atom stereocenters. The highest BCUT2D eigenvalue weighted by atomic mass is 32.2. The van der Waals surface area contributed by atoms with Gasteiger partial charge in [-0.2, -0.15) is 0 Å². The lowest BCUT2D eigenvalue weighted by molar-refractivity contribution is -0.119. The SMILES string of the molecule is Cc1nc(SC(C)C(=O)NC(=O)NCc2ccccc2)c2c(C)c(C)sc2n1. The van der Waals surface area contributed by atoms with Crippen molar-refractivity contribution < 1.29 is 9.59 Å². The number of urea groups is 1. The number of thioether (sulfide) groups is 1. The van der Waals surface area contributed by atoms with E-state index in [1.54, 1.807) is 18.3 Å². The molecule has 0 aliphatic rings. The van der Waals surface area contributed by atoms with Gasteiger partial charge in [0.15, 0.2) is 0 Å². The molecule has 6 nitrogen and oxygen atoms in total. The molecule has 28 heavy (non-hydrogen) atoms. The van der Waals surface area contributed by atoms with E-state index in [0.29, 0.717) is 12.4 Å². The summed E-state index contributed by atoms with van der Waals surface area (Å²) in [6, 6.07) is 9.03. The largest absolute Gasteiger partial charge is 0.334 e. The molecule has 3 amide bonds. The summed E-state index contributed by atoms with van der Waals surface area (Å²) < 4.78 is 0. The van der Waals surface area contributed by atoms with Crippen LogP contribution in [0.2, 0.25) is 0 Å². The van der Waals surface area contributed by atoms with E-state index in [4.69, 9.17) is 0 Å². The Morgan fingerprint density at radius 1 is 1.14 bits per heavy atom. The lowest BCUT2D eigenvalue weighted by Gasteiger charge is -2.13. The quantitative estimate of drug-likeness (QED) is 0.485. The highest BCUT2D eigenvalue weighted by Gasteiger charge is 2.21. The third-order valence-corrected chi connectivity index (χ3v) is 6.48. The summed E-state index contributed by atoms with van der Waals surface area (Å²) in [6.07, 6.45) is 0. The monoisotopic (exact) mass is 414 g/mol. The molecule has 1 aromatic carbocycles. The molecule has 0 aliphatic heterocycles. The normalized spacial score (nSPS) is 12.0. The van der Waals surface area contributed by atoms with Crippen molar-refractivity contribution >= 4 is 45.3 Å². The van der Waals surface area contributed by atoms with Crippen molar-refractivity contribution in [3.05, 3.63) is 52.2 Å². The van der Waals surface area contributed by atoms with Gasteiger partial charge >= 0.3 is 6.03 Å². The number of hydrogen-bond acceptors (Lipinski definition) is 6. The fraction of sp³-hybridized carbons (Fsp3) is 0.300. The number of carbonyl (C=O) groups is 2. The molecule has 146 valence electrons. The summed E-state index contributed by atoms with van der Waals surface area (Å²) in [4.78, 5) is 35.6. The predicted molar refractivity (Wildman–Crippen MR) is 114 cm³/mol. The minimum Gasteiger partial charge on any atom is -0.334 e. The van der Waals surface area contributed by atoms with Crippen LogP contribution in [-0.2, 0) is 11.3 Å². The minimum atomic E-state index is -0.507. The number of rotatable bonds is 5. The Bertz CT molecular complexity index is 1020. The lowest BCUT2D eigenvalue weighted by atomic mass is 10.2. The summed E-state index contributed by atoms with van der Waals surface area (Å²) in [5.41, 5.74) is 2.10. The van der Waals surface area contributed by atoms with E-state index in [-0.39, 0.29) is 5.91 Å². The molecule has 2 aromatic heterocycles. The summed E-state index contributed by atoms with van der Waals surface area (Å²) in [6.45, 7) is 8.07. The average Bonchev–Trinajstić information content (AvgIpc) is 2.94. The van der Waals surface area contributed by atoms with E-state index in [1.807, 2.05) is 44.2 Å². The maximum atomic E-state index is 12.4. The van der Waals surface area contributed by atoms with E-state index in [0.717, 1.165) is 26.4 Å². The first kappa shape index (κ1) is 20.3. The van der Waals surface area contributed by atoms with Gasteiger partial charge in [0.05, 0.1) is 5.25 Å². The fourth-order valence-corrected chi connectivity index (χ4v) is 4.85. The van der Waals surface area contributed by atoms with E-state index in [9.17, 15) is 9.59 Å². The van der Waals surface area contributed by atoms with E-state index in [1.165, 1.54) is 16.6 Å². The highest BCUT2D eigenvalue weighted by Crippen LogP contribution is 2.36. The van der Waals surface area contributed by atoms with Crippen LogP contribution in [-0.4, -0.2) is 27.2 Å². The zero-order valence-electron chi connectivity index (χ0n) is 16.2. The Hall–Kier alpha value is -2.45. The number of benzene rings is 1. The van der Waals surface area contributed by atoms with Gasteiger partial charge in [0.2, 0.25) is 5.91 Å². The molecule has 0 radical (unpaired) electrons. The van der Waals surface area contributed by atoms with Crippen molar-refractivity contribution in [1.29, 1.82) is 0 Å². The fourth-order valence-electron chi connectivity index (χ4n) is 2.66. The number of nitrogens with zero attached hydrogens (tertiary/aromatic N) is 2. The average molecular weight is 415 g/mol. The van der Waals surface area contributed by atoms with E-state index >= 15 is 0 Å². The first-order valence-corrected chi connectivity index (χ1v) is 10.6. The summed E-state index contributed by atoms with van der Waals surface area (Å²) >= 11 is 2.97. The van der Waals surface area contributed by atoms with E-state index in [2.05, 4.69) is 27.5 Å². The Morgan fingerprint density at radius 2 is 1.86 bits per heavy atom. The number of carbonyl (C=O) groups excluding carboxylic acids is 2. The predicted octanol–water partition coefficient (Wildman–Crippen LogP) is 4.12. The van der Waals surface area contributed by atoms with Crippen molar-refractivity contribution in [2.45, 2.75) is 44.5 Å². The summed E-state index contributed by atoms with van der Waals surface area (Å²) in [5.74, 6) is 0.314. The van der Waals surface area contributed by atoms with Crippen LogP contribution >= 0.6 is 23.1 Å². The van der Waals surface area contributed by atoms with Crippen molar-refractivity contribution in [2.75, 3.05) is 0 Å². The maximum Gasteiger partial charge on any atom is 0.321 e. The van der Waals surface area contributed by atoms with Crippen LogP contribution in [0.25, 0.3) is 10.2 Å². The molecule has 0 saturated carbocycles. The van der Waals surface area contributed by atoms with Gasteiger partial charge < -0.3 is 5.32 Å². The molecule has 2 heterocycles. The molecule has 0 saturated heterocycles. The summed E-state index contributed by atoms with van der Waals surface area (Å²) in [5, 5.41) is 6.39. The smallest absolute Gasteiger partial charge is 0.321 e. The molecule has 0 bridgehead atoms. The molecule has 0 fully saturated rings. The van der Waals surface area contributed by atoms with Crippen molar-refractivity contribution in [2.24, 2.45) is 0 Å². The third-order valence-electron chi connectivity index (χ3n) is 4.30. The van der Waals surface area contributed by atoms with Gasteiger partial charge in [0.1, 0.15) is 15.7 Å². The van der Waals surface area contributed by atoms with Crippen molar-refractivity contribution in [1.82, 2.24) is 20.6 Å². The Kier molecular flexibility index (Phi) is 6.31. The van der Waals surface area contributed by atoms with Crippen LogP contribution in [0.15, 0.2) is 35.4 Å². The standard InChI is InChI=1S/C20H22N4O2S2/c1-11-12(2)27-18-16(11)19(23-14(4)22-18)28-13(3)17(25)24-20(26)21-10-15-8-6-5-7-9-15/h5-9,13H,10H2,1-4H3,(H2,21,24,25,26). The zero-order valence-corrected chi connectivity index (χ0v) is 17.8. The number of amides is 3. The van der Waals surface area contributed by atoms with Gasteiger partial charge in [-0.05, 0) is 38.8 Å². The molecule has 3 aromatic rings. The Labute approximate surface area is 172 Å². The summed E-state index contributed by atoms with van der Waals surface area (Å²) in [7, 11) is 0. The maximum absolute atomic E-state index is 12.4. The number of thiophene rings is 1. The van der Waals surface area contributed by atoms with Gasteiger partial charge in [-0.1, -0.05) is 42.1 Å². The van der Waals surface area contributed by atoms with Crippen LogP contribution in [0, 0.1) is 20.8 Å². The van der Waals surface area contributed by atoms with Crippen molar-refractivity contribution in [3.63, 3.8) is 0 Å². The molecule has 1 unspecified atom stereocenters. The molecule has 2 N–H and O–H groups in total. The molecule has 0 aliphatic carbocycles. The lowest BCUT2D eigenvalue weighted by Crippen LogP contribution is -2.42. The number of aryl methyl sites for hydroxylation is 3. The van der Waals surface area contributed by atoms with Gasteiger partial charge in [-0.25, -0.2) is 14.8 Å². The van der Waals surface area contributed by atoms with Crippen LogP contribution in [0.5, 0.6) is 0 Å². The second-order valence-corrected chi connectivity index (χ2v) is 8.99. The third kappa shape index (κ3) is 4.69. The van der Waals surface area contributed by atoms with Gasteiger partial charge in [0, 0.05) is 16.8 Å². The Morgan fingerprint density at radius 3 is 2.57 bits per heavy atom. The minimum absolute atomic E-state index is 0.357. The number of fused-ring (bicyclic) bond motifs is 1. The van der Waals surface area contributed by atoms with Gasteiger partial charge in [-0.3, -0.25) is 10.1 Å². The topological polar surface area (TPSA) is 84.0 Å². The van der Waals surface area contributed by atoms with Crippen LogP contribution in [0.3, 0.4) is 0 Å². The Balaban J connectivity index is 1.64. The molecule has 0 spiro atoms. The number of imide groups is 1. The van der Waals surface area contributed by atoms with Crippen molar-refractivity contribution in [3.8, 4) is 0 Å². The van der Waals surface area contributed by atoms with Crippen LogP contribution in [0.1, 0.15) is 28.8 Å². The first-order chi connectivity index (χ1) is 13.3. The number of aromatic nitrogens is 2. The second-order valence-electron chi connectivity index (χ2n) is 6.46. The van der Waals surface area contributed by atoms with E-state index < -0.39 is 11.3 Å². The molecular weight excluding hydrogens is 392 g/mol. The van der Waals surface area contributed by atoms with Crippen LogP contribution in [0.4, 0.5) is 4.79 Å². The second kappa shape index (κ2) is 8.70. The van der Waals surface area contributed by atoms with Crippen LogP contribution < -0.4 is 10.6 Å². The molecular formula is C20H22N4O2S2. The van der Waals surface area contributed by atoms with Gasteiger partial charge in [0.25, 0.3) is 0 Å². The number of nitrogens with one attached hydrogen (secondary N) is 2.